The number of thiazole rings is 1. The van der Waals surface area contributed by atoms with Gasteiger partial charge in [0.1, 0.15) is 5.01 Å². The quantitative estimate of drug-likeness (QED) is 0.819. The number of hydrogen-bond acceptors (Lipinski definition) is 5. The molecule has 1 spiro atoms. The van der Waals surface area contributed by atoms with E-state index in [0.717, 1.165) is 18.1 Å². The van der Waals surface area contributed by atoms with E-state index in [1.54, 1.807) is 22.7 Å². The molecular weight excluding hydrogens is 369 g/mol. The Balaban J connectivity index is 0.00000156. The zero-order valence-electron chi connectivity index (χ0n) is 12.8. The van der Waals surface area contributed by atoms with Crippen molar-refractivity contribution in [3.63, 3.8) is 0 Å². The van der Waals surface area contributed by atoms with Gasteiger partial charge in [0, 0.05) is 29.0 Å². The number of thiophene rings is 1. The summed E-state index contributed by atoms with van der Waals surface area (Å²) < 4.78 is 0. The van der Waals surface area contributed by atoms with E-state index in [9.17, 15) is 0 Å². The number of piperidine rings is 1. The summed E-state index contributed by atoms with van der Waals surface area (Å²) in [6.07, 6.45) is 5.86. The number of aromatic nitrogens is 1. The van der Waals surface area contributed by atoms with E-state index in [0.29, 0.717) is 11.5 Å². The predicted molar refractivity (Wildman–Crippen MR) is 101 cm³/mol. The lowest BCUT2D eigenvalue weighted by Gasteiger charge is -2.29. The van der Waals surface area contributed by atoms with Crippen molar-refractivity contribution < 1.29 is 0 Å². The van der Waals surface area contributed by atoms with Crippen LogP contribution < -0.4 is 5.32 Å². The van der Waals surface area contributed by atoms with E-state index in [2.05, 4.69) is 26.0 Å². The first-order valence-corrected chi connectivity index (χ1v) is 9.96. The van der Waals surface area contributed by atoms with E-state index in [1.165, 1.54) is 42.2 Å². The molecule has 0 bridgehead atoms. The number of rotatable bonds is 5. The van der Waals surface area contributed by atoms with Crippen LogP contribution in [0.1, 0.15) is 29.1 Å². The smallest absolute Gasteiger partial charge is 0.107 e. The van der Waals surface area contributed by atoms with Crippen LogP contribution in [-0.2, 0) is 13.1 Å². The van der Waals surface area contributed by atoms with E-state index >= 15 is 0 Å². The number of nitrogens with zero attached hydrogens (tertiary/aromatic N) is 2. The maximum Gasteiger partial charge on any atom is 0.107 e. The third kappa shape index (κ3) is 3.75. The Kier molecular flexibility index (Phi) is 5.66. The molecule has 0 radical (unpaired) electrons. The molecule has 2 aliphatic rings. The summed E-state index contributed by atoms with van der Waals surface area (Å²) in [6.45, 7) is 4.24. The lowest BCUT2D eigenvalue weighted by atomic mass is 9.93. The van der Waals surface area contributed by atoms with Crippen LogP contribution >= 0.6 is 46.7 Å². The maximum atomic E-state index is 6.33. The highest BCUT2D eigenvalue weighted by Crippen LogP contribution is 2.56. The number of hydrogen-bond donors (Lipinski definition) is 1. The molecule has 1 saturated heterocycles. The molecule has 2 aromatic heterocycles. The van der Waals surface area contributed by atoms with Crippen LogP contribution in [0.4, 0.5) is 0 Å². The average Bonchev–Trinajstić information content (AvgIpc) is 2.90. The second-order valence-electron chi connectivity index (χ2n) is 6.35. The van der Waals surface area contributed by atoms with Gasteiger partial charge >= 0.3 is 0 Å². The minimum Gasteiger partial charge on any atom is -0.317 e. The summed E-state index contributed by atoms with van der Waals surface area (Å²) in [5, 5.41) is 9.77. The zero-order valence-corrected chi connectivity index (χ0v) is 16.0. The minimum atomic E-state index is 0. The fourth-order valence-electron chi connectivity index (χ4n) is 3.71. The molecular formula is C16H21Cl2N3S2. The first-order chi connectivity index (χ1) is 10.8. The molecule has 1 N–H and O–H groups in total. The standard InChI is InChI=1S/C16H20ClN3S2.ClH/c17-12-1-7-21-13(12)10-20(11-15-19-6-8-22-15)14-9-16(14)2-4-18-5-3-16;/h1,6-8,14,18H,2-5,9-11H2;1H. The average molecular weight is 390 g/mol. The third-order valence-electron chi connectivity index (χ3n) is 5.05. The molecule has 1 atom stereocenters. The van der Waals surface area contributed by atoms with Gasteiger partial charge < -0.3 is 5.32 Å². The fourth-order valence-corrected chi connectivity index (χ4v) is 5.47. The highest BCUT2D eigenvalue weighted by molar-refractivity contribution is 7.10. The second-order valence-corrected chi connectivity index (χ2v) is 8.74. The van der Waals surface area contributed by atoms with E-state index < -0.39 is 0 Å². The van der Waals surface area contributed by atoms with Gasteiger partial charge in [-0.3, -0.25) is 4.90 Å². The fraction of sp³-hybridized carbons (Fsp3) is 0.562. The van der Waals surface area contributed by atoms with Crippen molar-refractivity contribution in [2.24, 2.45) is 5.41 Å². The molecule has 3 heterocycles. The molecule has 1 saturated carbocycles. The Labute approximate surface area is 156 Å². The van der Waals surface area contributed by atoms with Crippen LogP contribution in [0.2, 0.25) is 5.02 Å². The molecule has 4 rings (SSSR count). The SMILES string of the molecule is Cl.Clc1ccsc1CN(Cc1nccs1)C1CC12CCNCC2. The highest BCUT2D eigenvalue weighted by atomic mass is 35.5. The molecule has 1 unspecified atom stereocenters. The van der Waals surface area contributed by atoms with Gasteiger partial charge in [-0.25, -0.2) is 4.98 Å². The Bertz CT molecular complexity index is 623. The number of halogens is 2. The molecule has 1 aliphatic carbocycles. The van der Waals surface area contributed by atoms with Crippen LogP contribution in [0.3, 0.4) is 0 Å². The van der Waals surface area contributed by atoms with Crippen LogP contribution in [0, 0.1) is 5.41 Å². The molecule has 126 valence electrons. The van der Waals surface area contributed by atoms with Gasteiger partial charge in [0.15, 0.2) is 0 Å². The summed E-state index contributed by atoms with van der Waals surface area (Å²) in [6, 6.07) is 2.70. The van der Waals surface area contributed by atoms with E-state index in [1.807, 2.05) is 12.3 Å². The van der Waals surface area contributed by atoms with Gasteiger partial charge in [-0.05, 0) is 49.2 Å². The van der Waals surface area contributed by atoms with Gasteiger partial charge in [0.2, 0.25) is 0 Å². The van der Waals surface area contributed by atoms with Gasteiger partial charge in [-0.2, -0.15) is 0 Å². The van der Waals surface area contributed by atoms with Crippen molar-refractivity contribution in [3.05, 3.63) is 37.9 Å². The van der Waals surface area contributed by atoms with Gasteiger partial charge in [0.05, 0.1) is 11.6 Å². The van der Waals surface area contributed by atoms with Gasteiger partial charge in [0.25, 0.3) is 0 Å². The van der Waals surface area contributed by atoms with Crippen molar-refractivity contribution in [1.29, 1.82) is 0 Å². The third-order valence-corrected chi connectivity index (χ3v) is 7.18. The van der Waals surface area contributed by atoms with Crippen molar-refractivity contribution in [3.8, 4) is 0 Å². The second kappa shape index (κ2) is 7.38. The first kappa shape index (κ1) is 17.6. The largest absolute Gasteiger partial charge is 0.317 e. The van der Waals surface area contributed by atoms with Crippen molar-refractivity contribution >= 4 is 46.7 Å². The molecule has 2 aromatic rings. The van der Waals surface area contributed by atoms with Crippen LogP contribution in [0.25, 0.3) is 0 Å². The molecule has 23 heavy (non-hydrogen) atoms. The van der Waals surface area contributed by atoms with Crippen molar-refractivity contribution in [2.75, 3.05) is 13.1 Å². The summed E-state index contributed by atoms with van der Waals surface area (Å²) in [5.74, 6) is 0. The van der Waals surface area contributed by atoms with Crippen LogP contribution in [0.5, 0.6) is 0 Å². The predicted octanol–water partition coefficient (Wildman–Crippen LogP) is 4.42. The lowest BCUT2D eigenvalue weighted by molar-refractivity contribution is 0.189. The van der Waals surface area contributed by atoms with Crippen molar-refractivity contribution in [2.45, 2.75) is 38.4 Å². The van der Waals surface area contributed by atoms with Gasteiger partial charge in [-0.1, -0.05) is 11.6 Å². The van der Waals surface area contributed by atoms with E-state index in [4.69, 9.17) is 11.6 Å². The van der Waals surface area contributed by atoms with Crippen LogP contribution in [-0.4, -0.2) is 29.0 Å². The Morgan fingerprint density at radius 3 is 2.74 bits per heavy atom. The normalized spacial score (nSPS) is 22.3. The Hall–Kier alpha value is -0.170. The first-order valence-electron chi connectivity index (χ1n) is 7.82. The summed E-state index contributed by atoms with van der Waals surface area (Å²) >= 11 is 9.85. The summed E-state index contributed by atoms with van der Waals surface area (Å²) in [5.41, 5.74) is 0.548. The Morgan fingerprint density at radius 2 is 2.09 bits per heavy atom. The van der Waals surface area contributed by atoms with Crippen LogP contribution in [0.15, 0.2) is 23.0 Å². The summed E-state index contributed by atoms with van der Waals surface area (Å²) in [7, 11) is 0. The molecule has 2 fully saturated rings. The number of nitrogens with one attached hydrogen (secondary N) is 1. The lowest BCUT2D eigenvalue weighted by Crippen LogP contribution is -2.35. The topological polar surface area (TPSA) is 28.2 Å². The zero-order chi connectivity index (χ0) is 15.0. The van der Waals surface area contributed by atoms with Gasteiger partial charge in [-0.15, -0.1) is 35.1 Å². The highest BCUT2D eigenvalue weighted by Gasteiger charge is 2.56. The maximum absolute atomic E-state index is 6.33. The summed E-state index contributed by atoms with van der Waals surface area (Å²) in [4.78, 5) is 8.39. The van der Waals surface area contributed by atoms with Crippen molar-refractivity contribution in [1.82, 2.24) is 15.2 Å². The molecule has 3 nitrogen and oxygen atoms in total. The monoisotopic (exact) mass is 389 g/mol. The molecule has 1 aliphatic heterocycles. The minimum absolute atomic E-state index is 0. The molecule has 7 heteroatoms. The Morgan fingerprint density at radius 1 is 1.26 bits per heavy atom. The van der Waals surface area contributed by atoms with E-state index in [-0.39, 0.29) is 12.4 Å². The molecule has 0 aromatic carbocycles. The molecule has 0 amide bonds.